The van der Waals surface area contributed by atoms with Crippen molar-refractivity contribution in [2.75, 3.05) is 0 Å². The molecule has 0 rings (SSSR count). The zero-order valence-corrected chi connectivity index (χ0v) is 13.6. The first-order chi connectivity index (χ1) is 7.24. The van der Waals surface area contributed by atoms with E-state index >= 15 is 0 Å². The maximum absolute atomic E-state index is 11.3. The van der Waals surface area contributed by atoms with Gasteiger partial charge in [0.25, 0.3) is 0 Å². The molecule has 88 valence electrons. The minimum atomic E-state index is -1.97. The zero-order chi connectivity index (χ0) is 11.5. The molecule has 0 fully saturated rings. The van der Waals surface area contributed by atoms with E-state index < -0.39 is 20.2 Å². The first kappa shape index (κ1) is 15.0. The van der Waals surface area contributed by atoms with E-state index in [1.54, 1.807) is 12.2 Å². The third-order valence-corrected chi connectivity index (χ3v) is 9.97. The molecule has 0 saturated heterocycles. The van der Waals surface area contributed by atoms with Crippen LogP contribution < -0.4 is 0 Å². The van der Waals surface area contributed by atoms with Crippen molar-refractivity contribution in [1.82, 2.24) is 0 Å². The van der Waals surface area contributed by atoms with Crippen LogP contribution in [0.1, 0.15) is 46.5 Å². The van der Waals surface area contributed by atoms with Gasteiger partial charge in [-0.2, -0.15) is 0 Å². The van der Waals surface area contributed by atoms with Crippen LogP contribution in [0.25, 0.3) is 0 Å². The van der Waals surface area contributed by atoms with E-state index in [0.717, 1.165) is 0 Å². The number of rotatable bonds is 8. The topological polar surface area (TPSA) is 26.3 Å². The van der Waals surface area contributed by atoms with Gasteiger partial charge in [-0.1, -0.05) is 0 Å². The Labute approximate surface area is 101 Å². The molecule has 0 N–H and O–H groups in total. The van der Waals surface area contributed by atoms with E-state index in [-0.39, 0.29) is 5.97 Å². The van der Waals surface area contributed by atoms with Gasteiger partial charge in [0.15, 0.2) is 0 Å². The van der Waals surface area contributed by atoms with Crippen LogP contribution in [-0.2, 0) is 7.87 Å². The number of unbranched alkanes of at least 4 members (excludes halogenated alkanes) is 2. The second-order valence-corrected chi connectivity index (χ2v) is 11.4. The molecule has 0 saturated carbocycles. The van der Waals surface area contributed by atoms with Crippen molar-refractivity contribution in [1.29, 1.82) is 0 Å². The molecular formula is C12H24O2Sn. The van der Waals surface area contributed by atoms with E-state index in [4.69, 9.17) is 3.07 Å². The van der Waals surface area contributed by atoms with E-state index in [1.807, 2.05) is 6.92 Å². The Morgan fingerprint density at radius 2 is 1.73 bits per heavy atom. The molecule has 0 atom stereocenters. The Balaban J connectivity index is 3.92. The van der Waals surface area contributed by atoms with Crippen molar-refractivity contribution in [2.45, 2.75) is 55.3 Å². The van der Waals surface area contributed by atoms with Crippen molar-refractivity contribution in [3.63, 3.8) is 0 Å². The summed E-state index contributed by atoms with van der Waals surface area (Å²) >= 11 is -1.97. The fourth-order valence-electron chi connectivity index (χ4n) is 1.47. The van der Waals surface area contributed by atoms with Gasteiger partial charge >= 0.3 is 101 Å². The van der Waals surface area contributed by atoms with Crippen LogP contribution in [0.15, 0.2) is 12.2 Å². The van der Waals surface area contributed by atoms with Crippen LogP contribution in [0.4, 0.5) is 0 Å². The second kappa shape index (κ2) is 10.5. The molecule has 0 aliphatic carbocycles. The Hall–Kier alpha value is 0.00870. The van der Waals surface area contributed by atoms with Crippen molar-refractivity contribution < 1.29 is 7.87 Å². The van der Waals surface area contributed by atoms with Crippen molar-refractivity contribution in [3.05, 3.63) is 12.2 Å². The molecule has 0 radical (unpaired) electrons. The monoisotopic (exact) mass is 320 g/mol. The van der Waals surface area contributed by atoms with Gasteiger partial charge in [0, 0.05) is 0 Å². The first-order valence-corrected chi connectivity index (χ1v) is 12.1. The summed E-state index contributed by atoms with van der Waals surface area (Å²) in [5, 5.41) is 0. The standard InChI is InChI=1S/C4H6O2.2C4H9.Sn.H/c1-2-3-4(5)6;2*1-3-4-2;;/h2-3H,1H3,(H,5,6);2*1,3-4H2,2H3;;/q;;;+1;/p-1/b3-2+;;;;. The van der Waals surface area contributed by atoms with Gasteiger partial charge in [0.05, 0.1) is 0 Å². The number of hydrogen-bond donors (Lipinski definition) is 0. The molecule has 3 heteroatoms. The Bertz CT molecular complexity index is 182. The predicted molar refractivity (Wildman–Crippen MR) is 67.5 cm³/mol. The molecular weight excluding hydrogens is 295 g/mol. The number of carbonyl (C=O) groups excluding carboxylic acids is 1. The Morgan fingerprint density at radius 1 is 1.20 bits per heavy atom. The van der Waals surface area contributed by atoms with Crippen LogP contribution in [0.2, 0.25) is 8.87 Å². The van der Waals surface area contributed by atoms with Gasteiger partial charge in [-0.25, -0.2) is 0 Å². The molecule has 0 aromatic heterocycles. The molecule has 0 bridgehead atoms. The molecule has 0 aliphatic rings. The van der Waals surface area contributed by atoms with Crippen molar-refractivity contribution in [2.24, 2.45) is 0 Å². The summed E-state index contributed by atoms with van der Waals surface area (Å²) in [5.41, 5.74) is 0. The van der Waals surface area contributed by atoms with Crippen LogP contribution in [0.5, 0.6) is 0 Å². The summed E-state index contributed by atoms with van der Waals surface area (Å²) in [7, 11) is 0. The molecule has 0 aromatic rings. The summed E-state index contributed by atoms with van der Waals surface area (Å²) in [6, 6.07) is 0. The molecule has 0 aromatic carbocycles. The maximum atomic E-state index is 11.3. The van der Waals surface area contributed by atoms with Gasteiger partial charge in [0.1, 0.15) is 0 Å². The summed E-state index contributed by atoms with van der Waals surface area (Å²) in [6.45, 7) is 6.23. The number of hydrogen-bond acceptors (Lipinski definition) is 2. The third-order valence-electron chi connectivity index (χ3n) is 2.34. The predicted octanol–water partition coefficient (Wildman–Crippen LogP) is 3.43. The minimum absolute atomic E-state index is 0.106. The molecule has 0 aliphatic heterocycles. The molecule has 0 unspecified atom stereocenters. The molecule has 0 heterocycles. The first-order valence-electron chi connectivity index (χ1n) is 6.07. The molecule has 0 amide bonds. The summed E-state index contributed by atoms with van der Waals surface area (Å²) < 4.78 is 8.00. The van der Waals surface area contributed by atoms with Gasteiger partial charge in [-0.3, -0.25) is 0 Å². The number of allylic oxidation sites excluding steroid dienone is 1. The Kier molecular flexibility index (Phi) is 10.5. The fraction of sp³-hybridized carbons (Fsp3) is 0.750. The normalized spacial score (nSPS) is 11.2. The summed E-state index contributed by atoms with van der Waals surface area (Å²) in [5.74, 6) is -0.106. The van der Waals surface area contributed by atoms with Crippen LogP contribution in [-0.4, -0.2) is 26.1 Å². The van der Waals surface area contributed by atoms with Gasteiger partial charge in [-0.05, 0) is 0 Å². The van der Waals surface area contributed by atoms with Gasteiger partial charge in [0.2, 0.25) is 0 Å². The van der Waals surface area contributed by atoms with E-state index in [2.05, 4.69) is 13.8 Å². The van der Waals surface area contributed by atoms with Gasteiger partial charge < -0.3 is 0 Å². The third kappa shape index (κ3) is 8.97. The quantitative estimate of drug-likeness (QED) is 0.506. The van der Waals surface area contributed by atoms with Crippen molar-refractivity contribution >= 4 is 26.1 Å². The van der Waals surface area contributed by atoms with Crippen LogP contribution >= 0.6 is 0 Å². The van der Waals surface area contributed by atoms with E-state index in [1.165, 1.54) is 34.6 Å². The van der Waals surface area contributed by atoms with E-state index in [9.17, 15) is 4.79 Å². The average molecular weight is 319 g/mol. The average Bonchev–Trinajstić information content (AvgIpc) is 2.22. The molecule has 0 spiro atoms. The van der Waals surface area contributed by atoms with E-state index in [0.29, 0.717) is 0 Å². The van der Waals surface area contributed by atoms with Crippen LogP contribution in [0.3, 0.4) is 0 Å². The fourth-order valence-corrected chi connectivity index (χ4v) is 9.05. The van der Waals surface area contributed by atoms with Crippen LogP contribution in [0, 0.1) is 0 Å². The van der Waals surface area contributed by atoms with Crippen molar-refractivity contribution in [3.8, 4) is 0 Å². The summed E-state index contributed by atoms with van der Waals surface area (Å²) in [6.07, 6.45) is 8.18. The zero-order valence-electron chi connectivity index (χ0n) is 10.3. The molecule has 2 nitrogen and oxygen atoms in total. The van der Waals surface area contributed by atoms with Gasteiger partial charge in [-0.15, -0.1) is 0 Å². The Morgan fingerprint density at radius 3 is 2.13 bits per heavy atom. The second-order valence-electron chi connectivity index (χ2n) is 3.84. The SMILES string of the molecule is C/C=C/C(=O)[O][SnH]([CH2]CCC)[CH2]CCC. The molecule has 15 heavy (non-hydrogen) atoms. The summed E-state index contributed by atoms with van der Waals surface area (Å²) in [4.78, 5) is 11.3. The number of carbonyl (C=O) groups is 1.